The van der Waals surface area contributed by atoms with E-state index in [-0.39, 0.29) is 21.1 Å². The predicted octanol–water partition coefficient (Wildman–Crippen LogP) is 0.371. The molecule has 0 radical (unpaired) electrons. The molecule has 3 N–H and O–H groups in total. The van der Waals surface area contributed by atoms with E-state index in [0.717, 1.165) is 0 Å². The average molecular weight is 235 g/mol. The van der Waals surface area contributed by atoms with Crippen molar-refractivity contribution >= 4 is 41.8 Å². The fourth-order valence-corrected chi connectivity index (χ4v) is 1.62. The van der Waals surface area contributed by atoms with E-state index in [0.29, 0.717) is 0 Å². The van der Waals surface area contributed by atoms with Crippen LogP contribution in [0.15, 0.2) is 12.1 Å². The van der Waals surface area contributed by atoms with Gasteiger partial charge in [-0.2, -0.15) is 0 Å². The molecule has 0 saturated carbocycles. The predicted molar refractivity (Wildman–Crippen MR) is 53.2 cm³/mol. The Hall–Kier alpha value is -0.745. The molecule has 74 valence electrons. The molecule has 0 aromatic heterocycles. The van der Waals surface area contributed by atoms with Crippen LogP contribution < -0.4 is 5.46 Å². The van der Waals surface area contributed by atoms with Gasteiger partial charge in [0, 0.05) is 10.5 Å². The Morgan fingerprint density at radius 1 is 1.29 bits per heavy atom. The molecule has 0 saturated heterocycles. The molecule has 0 aliphatic carbocycles. The minimum absolute atomic E-state index is 0.00926. The summed E-state index contributed by atoms with van der Waals surface area (Å²) in [6, 6.07) is 2.44. The molecule has 0 spiro atoms. The minimum Gasteiger partial charge on any atom is -0.478 e. The van der Waals surface area contributed by atoms with Crippen LogP contribution in [-0.4, -0.2) is 28.2 Å². The third kappa shape index (κ3) is 2.01. The maximum atomic E-state index is 10.6. The molecule has 0 amide bonds. The summed E-state index contributed by atoms with van der Waals surface area (Å²) in [5, 5.41) is 26.2. The first-order valence-corrected chi connectivity index (χ1v) is 4.28. The van der Waals surface area contributed by atoms with Crippen molar-refractivity contribution in [3.8, 4) is 0 Å². The average Bonchev–Trinajstić information content (AvgIpc) is 2.02. The topological polar surface area (TPSA) is 77.8 Å². The van der Waals surface area contributed by atoms with Crippen LogP contribution in [-0.2, 0) is 0 Å². The lowest BCUT2D eigenvalue weighted by molar-refractivity contribution is 0.0697. The van der Waals surface area contributed by atoms with Gasteiger partial charge in [0.2, 0.25) is 0 Å². The largest absolute Gasteiger partial charge is 0.491 e. The van der Waals surface area contributed by atoms with Crippen LogP contribution in [0.1, 0.15) is 10.4 Å². The van der Waals surface area contributed by atoms with Gasteiger partial charge < -0.3 is 15.2 Å². The number of halogens is 2. The number of benzene rings is 1. The zero-order valence-electron chi connectivity index (χ0n) is 6.74. The van der Waals surface area contributed by atoms with Crippen LogP contribution >= 0.6 is 23.2 Å². The second-order valence-corrected chi connectivity index (χ2v) is 3.29. The zero-order valence-corrected chi connectivity index (χ0v) is 8.25. The summed E-state index contributed by atoms with van der Waals surface area (Å²) in [6.07, 6.45) is 0. The van der Waals surface area contributed by atoms with Crippen LogP contribution in [0.4, 0.5) is 0 Å². The van der Waals surface area contributed by atoms with Gasteiger partial charge >= 0.3 is 13.1 Å². The lowest BCUT2D eigenvalue weighted by Gasteiger charge is -2.07. The van der Waals surface area contributed by atoms with Crippen molar-refractivity contribution in [2.24, 2.45) is 0 Å². The standard InChI is InChI=1S/C7H5BCl2O4/c9-4-2-1-3(7(11)12)6(10)5(4)8(13)14/h1-2,13-14H,(H,11,12). The smallest absolute Gasteiger partial charge is 0.478 e. The molecule has 0 fully saturated rings. The van der Waals surface area contributed by atoms with Gasteiger partial charge in [-0.1, -0.05) is 23.2 Å². The van der Waals surface area contributed by atoms with E-state index in [1.54, 1.807) is 0 Å². The van der Waals surface area contributed by atoms with Gasteiger partial charge in [-0.15, -0.1) is 0 Å². The normalized spacial score (nSPS) is 10.0. The maximum Gasteiger partial charge on any atom is 0.491 e. The Morgan fingerprint density at radius 3 is 2.29 bits per heavy atom. The van der Waals surface area contributed by atoms with Crippen molar-refractivity contribution in [1.29, 1.82) is 0 Å². The highest BCUT2D eigenvalue weighted by atomic mass is 35.5. The molecular formula is C7H5BCl2O4. The molecule has 14 heavy (non-hydrogen) atoms. The summed E-state index contributed by atoms with van der Waals surface area (Å²) in [5.41, 5.74) is -0.424. The number of rotatable bonds is 2. The molecule has 7 heteroatoms. The van der Waals surface area contributed by atoms with Gasteiger partial charge in [-0.05, 0) is 12.1 Å². The van der Waals surface area contributed by atoms with Crippen molar-refractivity contribution < 1.29 is 19.9 Å². The third-order valence-corrected chi connectivity index (χ3v) is 2.35. The Labute approximate surface area is 89.8 Å². The van der Waals surface area contributed by atoms with Crippen LogP contribution in [0, 0.1) is 0 Å². The quantitative estimate of drug-likeness (QED) is 0.647. The number of carboxylic acids is 1. The van der Waals surface area contributed by atoms with Crippen molar-refractivity contribution in [3.05, 3.63) is 27.7 Å². The first-order chi connectivity index (χ1) is 6.45. The van der Waals surface area contributed by atoms with Gasteiger partial charge in [0.25, 0.3) is 0 Å². The van der Waals surface area contributed by atoms with E-state index < -0.39 is 13.1 Å². The SMILES string of the molecule is O=C(O)c1ccc(Cl)c(B(O)O)c1Cl. The van der Waals surface area contributed by atoms with Crippen molar-refractivity contribution in [3.63, 3.8) is 0 Å². The maximum absolute atomic E-state index is 10.6. The third-order valence-electron chi connectivity index (χ3n) is 1.62. The van der Waals surface area contributed by atoms with Gasteiger partial charge in [-0.3, -0.25) is 0 Å². The summed E-state index contributed by atoms with van der Waals surface area (Å²) in [5.74, 6) is -1.26. The van der Waals surface area contributed by atoms with E-state index in [2.05, 4.69) is 0 Å². The van der Waals surface area contributed by atoms with Crippen molar-refractivity contribution in [1.82, 2.24) is 0 Å². The Morgan fingerprint density at radius 2 is 1.86 bits per heavy atom. The monoisotopic (exact) mass is 234 g/mol. The van der Waals surface area contributed by atoms with E-state index in [1.807, 2.05) is 0 Å². The Balaban J connectivity index is 3.41. The van der Waals surface area contributed by atoms with Gasteiger partial charge in [-0.25, -0.2) is 4.79 Å². The molecule has 0 aliphatic rings. The van der Waals surface area contributed by atoms with E-state index in [1.165, 1.54) is 12.1 Å². The van der Waals surface area contributed by atoms with Crippen LogP contribution in [0.25, 0.3) is 0 Å². The van der Waals surface area contributed by atoms with Gasteiger partial charge in [0.15, 0.2) is 0 Å². The second-order valence-electron chi connectivity index (χ2n) is 2.50. The van der Waals surface area contributed by atoms with Gasteiger partial charge in [0.1, 0.15) is 0 Å². The van der Waals surface area contributed by atoms with E-state index >= 15 is 0 Å². The minimum atomic E-state index is -1.89. The molecule has 0 bridgehead atoms. The summed E-state index contributed by atoms with van der Waals surface area (Å²) >= 11 is 11.2. The van der Waals surface area contributed by atoms with Crippen LogP contribution in [0.2, 0.25) is 10.0 Å². The number of carbonyl (C=O) groups is 1. The first kappa shape index (κ1) is 11.3. The summed E-state index contributed by atoms with van der Waals surface area (Å²) in [6.45, 7) is 0. The van der Waals surface area contributed by atoms with Crippen molar-refractivity contribution in [2.75, 3.05) is 0 Å². The molecule has 0 atom stereocenters. The highest BCUT2D eigenvalue weighted by Crippen LogP contribution is 2.19. The number of hydrogen-bond acceptors (Lipinski definition) is 3. The lowest BCUT2D eigenvalue weighted by Crippen LogP contribution is -2.33. The van der Waals surface area contributed by atoms with E-state index in [4.69, 9.17) is 38.4 Å². The molecule has 1 aromatic carbocycles. The molecule has 1 aromatic rings. The Kier molecular flexibility index (Phi) is 3.39. The molecule has 0 aliphatic heterocycles. The summed E-state index contributed by atoms with van der Waals surface area (Å²) in [7, 11) is -1.89. The fourth-order valence-electron chi connectivity index (χ4n) is 0.971. The first-order valence-electron chi connectivity index (χ1n) is 3.52. The summed E-state index contributed by atoms with van der Waals surface area (Å²) in [4.78, 5) is 10.6. The number of carboxylic acid groups (broad SMARTS) is 1. The fraction of sp³-hybridized carbons (Fsp3) is 0. The lowest BCUT2D eigenvalue weighted by atomic mass is 9.79. The Bertz CT molecular complexity index is 380. The molecule has 0 unspecified atom stereocenters. The van der Waals surface area contributed by atoms with Crippen LogP contribution in [0.5, 0.6) is 0 Å². The highest BCUT2D eigenvalue weighted by Gasteiger charge is 2.23. The summed E-state index contributed by atoms with van der Waals surface area (Å²) < 4.78 is 0. The number of hydrogen-bond donors (Lipinski definition) is 3. The second kappa shape index (κ2) is 4.19. The number of aromatic carboxylic acids is 1. The van der Waals surface area contributed by atoms with Crippen molar-refractivity contribution in [2.45, 2.75) is 0 Å². The van der Waals surface area contributed by atoms with E-state index in [9.17, 15) is 4.79 Å². The highest BCUT2D eigenvalue weighted by molar-refractivity contribution is 6.66. The molecule has 4 nitrogen and oxygen atoms in total. The molecule has 1 rings (SSSR count). The molecular weight excluding hydrogens is 230 g/mol. The zero-order chi connectivity index (χ0) is 10.9. The molecule has 0 heterocycles. The van der Waals surface area contributed by atoms with Crippen LogP contribution in [0.3, 0.4) is 0 Å². The van der Waals surface area contributed by atoms with Gasteiger partial charge in [0.05, 0.1) is 10.6 Å².